The number of nitrogens with one attached hydrogen (secondary N) is 1. The van der Waals surface area contributed by atoms with Crippen molar-refractivity contribution in [2.45, 2.75) is 25.0 Å². The smallest absolute Gasteiger partial charge is 0.322 e. The number of rotatable bonds is 4. The van der Waals surface area contributed by atoms with Crippen LogP contribution < -0.4 is 15.8 Å². The molecule has 1 aromatic heterocycles. The highest BCUT2D eigenvalue weighted by atomic mass is 16.5. The molecule has 4 N–H and O–H groups in total. The van der Waals surface area contributed by atoms with Crippen LogP contribution in [-0.4, -0.2) is 52.0 Å². The molecule has 2 heterocycles. The summed E-state index contributed by atoms with van der Waals surface area (Å²) in [5.74, 6) is 0.332. The second-order valence-corrected chi connectivity index (χ2v) is 4.22. The van der Waals surface area contributed by atoms with Gasteiger partial charge < -0.3 is 25.6 Å². The molecule has 8 nitrogen and oxygen atoms in total. The van der Waals surface area contributed by atoms with Crippen molar-refractivity contribution < 1.29 is 14.6 Å². The Morgan fingerprint density at radius 1 is 1.56 bits per heavy atom. The molecule has 0 aliphatic carbocycles. The number of aromatic nitrogens is 3. The third-order valence-electron chi connectivity index (χ3n) is 3.03. The monoisotopic (exact) mass is 255 g/mol. The molecule has 2 rings (SSSR count). The summed E-state index contributed by atoms with van der Waals surface area (Å²) in [6.45, 7) is 2.65. The summed E-state index contributed by atoms with van der Waals surface area (Å²) in [5.41, 5.74) is 4.59. The first-order chi connectivity index (χ1) is 8.53. The van der Waals surface area contributed by atoms with Gasteiger partial charge in [-0.05, 0) is 6.92 Å². The van der Waals surface area contributed by atoms with Crippen LogP contribution in [0.15, 0.2) is 0 Å². The number of hydrogen-bond donors (Lipinski definition) is 3. The molecule has 2 atom stereocenters. The molecule has 1 aromatic rings. The van der Waals surface area contributed by atoms with Gasteiger partial charge in [0.15, 0.2) is 0 Å². The number of hydrogen-bond acceptors (Lipinski definition) is 8. The number of anilines is 2. The van der Waals surface area contributed by atoms with Gasteiger partial charge in [0, 0.05) is 19.6 Å². The lowest BCUT2D eigenvalue weighted by molar-refractivity contribution is -0.0177. The van der Waals surface area contributed by atoms with Crippen molar-refractivity contribution >= 4 is 11.9 Å². The van der Waals surface area contributed by atoms with Crippen molar-refractivity contribution in [3.8, 4) is 6.01 Å². The van der Waals surface area contributed by atoms with Crippen LogP contribution in [-0.2, 0) is 4.74 Å². The minimum atomic E-state index is -0.922. The van der Waals surface area contributed by atoms with Crippen LogP contribution in [0.2, 0.25) is 0 Å². The van der Waals surface area contributed by atoms with Crippen LogP contribution in [0.1, 0.15) is 13.3 Å². The van der Waals surface area contributed by atoms with E-state index in [1.54, 1.807) is 0 Å². The number of methoxy groups -OCH3 is 1. The van der Waals surface area contributed by atoms with E-state index in [0.29, 0.717) is 13.0 Å². The van der Waals surface area contributed by atoms with E-state index in [4.69, 9.17) is 15.2 Å². The third kappa shape index (κ3) is 2.59. The molecule has 0 saturated carbocycles. The molecule has 2 unspecified atom stereocenters. The van der Waals surface area contributed by atoms with E-state index in [0.717, 1.165) is 0 Å². The summed E-state index contributed by atoms with van der Waals surface area (Å²) < 4.78 is 10.2. The van der Waals surface area contributed by atoms with E-state index in [1.165, 1.54) is 7.11 Å². The highest BCUT2D eigenvalue weighted by Crippen LogP contribution is 2.25. The highest BCUT2D eigenvalue weighted by molar-refractivity contribution is 5.33. The average molecular weight is 255 g/mol. The fraction of sp³-hybridized carbons (Fsp3) is 0.700. The number of ether oxygens (including phenoxy) is 2. The molecule has 100 valence electrons. The van der Waals surface area contributed by atoms with Gasteiger partial charge in [0.25, 0.3) is 0 Å². The quantitative estimate of drug-likeness (QED) is 0.654. The molecule has 18 heavy (non-hydrogen) atoms. The van der Waals surface area contributed by atoms with Gasteiger partial charge in [-0.2, -0.15) is 15.0 Å². The van der Waals surface area contributed by atoms with Gasteiger partial charge in [0.2, 0.25) is 11.9 Å². The van der Waals surface area contributed by atoms with E-state index in [9.17, 15) is 5.11 Å². The largest absolute Gasteiger partial charge is 0.467 e. The molecule has 0 bridgehead atoms. The molecule has 1 aliphatic heterocycles. The molecule has 1 saturated heterocycles. The lowest BCUT2D eigenvalue weighted by Crippen LogP contribution is -2.43. The number of aliphatic hydroxyl groups is 1. The second-order valence-electron chi connectivity index (χ2n) is 4.22. The number of nitrogen functional groups attached to an aromatic ring is 1. The Kier molecular flexibility index (Phi) is 3.48. The fourth-order valence-electron chi connectivity index (χ4n) is 1.78. The molecular weight excluding hydrogens is 238 g/mol. The Balaban J connectivity index is 2.04. The molecule has 1 fully saturated rings. The topological polar surface area (TPSA) is 115 Å². The second kappa shape index (κ2) is 4.91. The van der Waals surface area contributed by atoms with Crippen LogP contribution in [0.3, 0.4) is 0 Å². The molecule has 0 radical (unpaired) electrons. The highest BCUT2D eigenvalue weighted by Gasteiger charge is 2.39. The zero-order valence-corrected chi connectivity index (χ0v) is 10.4. The van der Waals surface area contributed by atoms with Crippen molar-refractivity contribution in [2.24, 2.45) is 0 Å². The Labute approximate surface area is 105 Å². The first-order valence-electron chi connectivity index (χ1n) is 5.67. The van der Waals surface area contributed by atoms with Crippen molar-refractivity contribution in [3.63, 3.8) is 0 Å². The molecule has 0 spiro atoms. The van der Waals surface area contributed by atoms with Gasteiger partial charge in [-0.3, -0.25) is 0 Å². The molecule has 0 aromatic carbocycles. The maximum absolute atomic E-state index is 10.3. The van der Waals surface area contributed by atoms with Gasteiger partial charge >= 0.3 is 6.01 Å². The third-order valence-corrected chi connectivity index (χ3v) is 3.03. The van der Waals surface area contributed by atoms with E-state index >= 15 is 0 Å². The minimum Gasteiger partial charge on any atom is -0.467 e. The average Bonchev–Trinajstić information content (AvgIpc) is 2.67. The van der Waals surface area contributed by atoms with Crippen molar-refractivity contribution in [2.75, 3.05) is 31.3 Å². The molecule has 0 amide bonds. The van der Waals surface area contributed by atoms with E-state index in [1.807, 2.05) is 6.92 Å². The summed E-state index contributed by atoms with van der Waals surface area (Å²) in [6, 6.07) is 0.132. The van der Waals surface area contributed by atoms with Crippen LogP contribution >= 0.6 is 0 Å². The maximum Gasteiger partial charge on any atom is 0.322 e. The maximum atomic E-state index is 10.3. The minimum absolute atomic E-state index is 0.0621. The zero-order valence-electron chi connectivity index (χ0n) is 10.4. The molecule has 8 heteroatoms. The number of nitrogens with zero attached hydrogens (tertiary/aromatic N) is 3. The van der Waals surface area contributed by atoms with Crippen molar-refractivity contribution in [1.82, 2.24) is 15.0 Å². The van der Waals surface area contributed by atoms with Crippen LogP contribution in [0.5, 0.6) is 6.01 Å². The van der Waals surface area contributed by atoms with Gasteiger partial charge in [-0.15, -0.1) is 0 Å². The first-order valence-corrected chi connectivity index (χ1v) is 5.67. The summed E-state index contributed by atoms with van der Waals surface area (Å²) in [4.78, 5) is 11.7. The van der Waals surface area contributed by atoms with Gasteiger partial charge in [0.1, 0.15) is 5.60 Å². The predicted octanol–water partition coefficient (Wildman–Crippen LogP) is -0.586. The van der Waals surface area contributed by atoms with Gasteiger partial charge in [0.05, 0.1) is 13.2 Å². The van der Waals surface area contributed by atoms with Crippen LogP contribution in [0, 0.1) is 0 Å². The van der Waals surface area contributed by atoms with E-state index in [2.05, 4.69) is 20.3 Å². The lowest BCUT2D eigenvalue weighted by Gasteiger charge is -2.26. The van der Waals surface area contributed by atoms with Gasteiger partial charge in [-0.1, -0.05) is 0 Å². The summed E-state index contributed by atoms with van der Waals surface area (Å²) in [6.07, 6.45) is 0.338. The Morgan fingerprint density at radius 3 is 2.94 bits per heavy atom. The first kappa shape index (κ1) is 12.8. The fourth-order valence-corrected chi connectivity index (χ4v) is 1.78. The van der Waals surface area contributed by atoms with Crippen LogP contribution in [0.25, 0.3) is 0 Å². The van der Waals surface area contributed by atoms with Crippen LogP contribution in [0.4, 0.5) is 11.9 Å². The standard InChI is InChI=1S/C10H17N5O3/c1-6-10(16,3-4-18-6)5-12-8-13-7(11)14-9(15-8)17-2/h6,16H,3-5H2,1-2H3,(H3,11,12,13,14,15). The molecule has 1 aliphatic rings. The zero-order chi connectivity index (χ0) is 13.2. The van der Waals surface area contributed by atoms with Gasteiger partial charge in [-0.25, -0.2) is 0 Å². The lowest BCUT2D eigenvalue weighted by atomic mass is 9.97. The Morgan fingerprint density at radius 2 is 2.33 bits per heavy atom. The normalized spacial score (nSPS) is 27.2. The SMILES string of the molecule is COc1nc(N)nc(NCC2(O)CCOC2C)n1. The molecular formula is C10H17N5O3. The summed E-state index contributed by atoms with van der Waals surface area (Å²) in [7, 11) is 1.44. The summed E-state index contributed by atoms with van der Waals surface area (Å²) in [5, 5.41) is 13.2. The Bertz CT molecular complexity index is 430. The van der Waals surface area contributed by atoms with Crippen molar-refractivity contribution in [3.05, 3.63) is 0 Å². The van der Waals surface area contributed by atoms with E-state index < -0.39 is 5.60 Å². The van der Waals surface area contributed by atoms with E-state index in [-0.39, 0.29) is 30.6 Å². The van der Waals surface area contributed by atoms with Crippen molar-refractivity contribution in [1.29, 1.82) is 0 Å². The summed E-state index contributed by atoms with van der Waals surface area (Å²) >= 11 is 0. The number of nitrogens with two attached hydrogens (primary N) is 1. The Hall–Kier alpha value is -1.67. The predicted molar refractivity (Wildman–Crippen MR) is 64.3 cm³/mol.